The third kappa shape index (κ3) is 8.58. The summed E-state index contributed by atoms with van der Waals surface area (Å²) < 4.78 is 4.87. The average molecular weight is 325 g/mol. The molecule has 23 heavy (non-hydrogen) atoms. The largest absolute Gasteiger partial charge is 0.469 e. The number of hydrogen-bond acceptors (Lipinski definition) is 2. The van der Waals surface area contributed by atoms with E-state index in [1.807, 2.05) is 0 Å². The van der Waals surface area contributed by atoms with E-state index < -0.39 is 0 Å². The number of rotatable bonds is 11. The van der Waals surface area contributed by atoms with Crippen LogP contribution < -0.4 is 0 Å². The van der Waals surface area contributed by atoms with E-state index in [1.54, 1.807) is 5.57 Å². The maximum atomic E-state index is 11.7. The minimum Gasteiger partial charge on any atom is -0.469 e. The topological polar surface area (TPSA) is 26.3 Å². The van der Waals surface area contributed by atoms with Gasteiger partial charge in [0.15, 0.2) is 0 Å². The Kier molecular flexibility index (Phi) is 9.80. The fourth-order valence-corrected chi connectivity index (χ4v) is 4.02. The van der Waals surface area contributed by atoms with Crippen LogP contribution in [0.2, 0.25) is 0 Å². The van der Waals surface area contributed by atoms with Crippen LogP contribution in [0.4, 0.5) is 0 Å². The first-order valence-corrected chi connectivity index (χ1v) is 9.37. The van der Waals surface area contributed by atoms with Crippen molar-refractivity contribution in [1.82, 2.24) is 0 Å². The molecule has 0 radical (unpaired) electrons. The number of carbonyl (C=O) groups excluding carboxylic acids is 1. The van der Waals surface area contributed by atoms with Crippen LogP contribution in [-0.4, -0.2) is 13.1 Å². The monoisotopic (exact) mass is 324 g/mol. The van der Waals surface area contributed by atoms with Gasteiger partial charge in [-0.1, -0.05) is 79.4 Å². The van der Waals surface area contributed by atoms with Gasteiger partial charge >= 0.3 is 5.97 Å². The lowest BCUT2D eigenvalue weighted by atomic mass is 9.66. The molecule has 0 amide bonds. The lowest BCUT2D eigenvalue weighted by molar-refractivity contribution is -0.143. The Balaban J connectivity index is 5.23. The summed E-state index contributed by atoms with van der Waals surface area (Å²) in [7, 11) is 1.48. The molecular weight excluding hydrogens is 284 g/mol. The third-order valence-corrected chi connectivity index (χ3v) is 4.73. The van der Waals surface area contributed by atoms with Crippen LogP contribution in [0.25, 0.3) is 0 Å². The van der Waals surface area contributed by atoms with E-state index >= 15 is 0 Å². The summed E-state index contributed by atoms with van der Waals surface area (Å²) in [6.07, 6.45) is 10.1. The van der Waals surface area contributed by atoms with Gasteiger partial charge in [-0.2, -0.15) is 0 Å². The Labute approximate surface area is 145 Å². The highest BCUT2D eigenvalue weighted by Gasteiger charge is 2.34. The normalized spacial score (nSPS) is 14.7. The van der Waals surface area contributed by atoms with Gasteiger partial charge in [0.05, 0.1) is 13.5 Å². The number of esters is 1. The molecule has 0 spiro atoms. The Morgan fingerprint density at radius 2 is 1.74 bits per heavy atom. The maximum Gasteiger partial charge on any atom is 0.306 e. The van der Waals surface area contributed by atoms with Gasteiger partial charge < -0.3 is 4.74 Å². The minimum atomic E-state index is -0.107. The van der Waals surface area contributed by atoms with Gasteiger partial charge in [0.1, 0.15) is 0 Å². The fraction of sp³-hybridized carbons (Fsp3) is 0.857. The molecule has 1 atom stereocenters. The third-order valence-electron chi connectivity index (χ3n) is 4.73. The summed E-state index contributed by atoms with van der Waals surface area (Å²) in [5.41, 5.74) is 1.64. The fourth-order valence-electron chi connectivity index (χ4n) is 4.02. The number of allylic oxidation sites excluding steroid dienone is 2. The molecular formula is C21H40O2. The second kappa shape index (κ2) is 10.2. The molecule has 0 fully saturated rings. The summed E-state index contributed by atoms with van der Waals surface area (Å²) in [6.45, 7) is 15.9. The van der Waals surface area contributed by atoms with Gasteiger partial charge in [0, 0.05) is 0 Å². The number of hydrogen-bond donors (Lipinski definition) is 0. The molecule has 2 heteroatoms. The zero-order valence-electron chi connectivity index (χ0n) is 16.9. The smallest absolute Gasteiger partial charge is 0.306 e. The summed E-state index contributed by atoms with van der Waals surface area (Å²) in [4.78, 5) is 11.7. The number of ether oxygens (including phenoxy) is 1. The second-order valence-electron chi connectivity index (χ2n) is 8.47. The summed E-state index contributed by atoms with van der Waals surface area (Å²) in [5, 5.41) is 0. The minimum absolute atomic E-state index is 0.0492. The molecule has 0 saturated heterocycles. The lowest BCUT2D eigenvalue weighted by Gasteiger charge is -2.39. The highest BCUT2D eigenvalue weighted by Crippen LogP contribution is 2.44. The zero-order valence-corrected chi connectivity index (χ0v) is 16.9. The number of methoxy groups -OCH3 is 1. The molecule has 0 aliphatic rings. The molecule has 2 nitrogen and oxygen atoms in total. The van der Waals surface area contributed by atoms with Gasteiger partial charge in [-0.05, 0) is 36.0 Å². The maximum absolute atomic E-state index is 11.7. The average Bonchev–Trinajstić information content (AvgIpc) is 2.41. The van der Waals surface area contributed by atoms with Gasteiger partial charge in [-0.3, -0.25) is 4.79 Å². The quantitative estimate of drug-likeness (QED) is 0.245. The van der Waals surface area contributed by atoms with Crippen molar-refractivity contribution in [2.75, 3.05) is 7.11 Å². The molecule has 0 aromatic rings. The van der Waals surface area contributed by atoms with E-state index in [-0.39, 0.29) is 16.8 Å². The van der Waals surface area contributed by atoms with E-state index in [2.05, 4.69) is 54.5 Å². The van der Waals surface area contributed by atoms with Crippen molar-refractivity contribution >= 4 is 5.97 Å². The van der Waals surface area contributed by atoms with Crippen LogP contribution in [0.1, 0.15) is 93.4 Å². The molecule has 1 unspecified atom stereocenters. The zero-order chi connectivity index (χ0) is 18.1. The lowest BCUT2D eigenvalue weighted by Crippen LogP contribution is -2.29. The van der Waals surface area contributed by atoms with Gasteiger partial charge in [-0.15, -0.1) is 0 Å². The molecule has 0 bridgehead atoms. The van der Waals surface area contributed by atoms with Crippen molar-refractivity contribution in [3.63, 3.8) is 0 Å². The first kappa shape index (κ1) is 22.2. The van der Waals surface area contributed by atoms with E-state index in [4.69, 9.17) is 4.74 Å². The summed E-state index contributed by atoms with van der Waals surface area (Å²) >= 11 is 0. The van der Waals surface area contributed by atoms with Gasteiger partial charge in [0.25, 0.3) is 0 Å². The van der Waals surface area contributed by atoms with Crippen LogP contribution in [0.5, 0.6) is 0 Å². The second-order valence-corrected chi connectivity index (χ2v) is 8.47. The van der Waals surface area contributed by atoms with Crippen molar-refractivity contribution in [3.05, 3.63) is 11.6 Å². The Morgan fingerprint density at radius 3 is 2.22 bits per heavy atom. The van der Waals surface area contributed by atoms with Crippen molar-refractivity contribution in [1.29, 1.82) is 0 Å². The first-order chi connectivity index (χ1) is 10.6. The molecule has 0 aromatic heterocycles. The standard InChI is InChI=1S/C21H40O2/c1-9-11-12-14-18(17(3)13-10-2)21(6,7)16-20(4,5)15-19(22)23-8/h14,17H,9-13,15-16H2,1-8H3. The SMILES string of the molecule is CCCCC=C(C(C)CCC)C(C)(C)CC(C)(C)CC(=O)OC. The highest BCUT2D eigenvalue weighted by atomic mass is 16.5. The van der Waals surface area contributed by atoms with Crippen molar-refractivity contribution < 1.29 is 9.53 Å². The van der Waals surface area contributed by atoms with E-state index in [0.29, 0.717) is 12.3 Å². The molecule has 0 rings (SSSR count). The molecule has 0 heterocycles. The summed E-state index contributed by atoms with van der Waals surface area (Å²) in [6, 6.07) is 0. The molecule has 0 aliphatic heterocycles. The Bertz CT molecular complexity index is 377. The highest BCUT2D eigenvalue weighted by molar-refractivity contribution is 5.69. The van der Waals surface area contributed by atoms with Gasteiger partial charge in [-0.25, -0.2) is 0 Å². The van der Waals surface area contributed by atoms with E-state index in [9.17, 15) is 4.79 Å². The number of carbonyl (C=O) groups is 1. The summed E-state index contributed by atoms with van der Waals surface area (Å²) in [5.74, 6) is 0.504. The van der Waals surface area contributed by atoms with Crippen molar-refractivity contribution in [2.45, 2.75) is 93.4 Å². The van der Waals surface area contributed by atoms with Crippen LogP contribution in [0, 0.1) is 16.7 Å². The van der Waals surface area contributed by atoms with Gasteiger partial charge in [0.2, 0.25) is 0 Å². The molecule has 136 valence electrons. The van der Waals surface area contributed by atoms with Crippen LogP contribution >= 0.6 is 0 Å². The van der Waals surface area contributed by atoms with Crippen molar-refractivity contribution in [3.8, 4) is 0 Å². The molecule has 0 saturated carbocycles. The molecule has 0 aromatic carbocycles. The predicted molar refractivity (Wildman–Crippen MR) is 100 cm³/mol. The van der Waals surface area contributed by atoms with Crippen LogP contribution in [0.15, 0.2) is 11.6 Å². The molecule has 0 N–H and O–H groups in total. The number of unbranched alkanes of at least 4 members (excludes halogenated alkanes) is 2. The Morgan fingerprint density at radius 1 is 1.13 bits per heavy atom. The molecule has 0 aliphatic carbocycles. The Hall–Kier alpha value is -0.790. The van der Waals surface area contributed by atoms with E-state index in [0.717, 1.165) is 6.42 Å². The van der Waals surface area contributed by atoms with Crippen LogP contribution in [-0.2, 0) is 9.53 Å². The predicted octanol–water partition coefficient (Wildman–Crippen LogP) is 6.54. The first-order valence-electron chi connectivity index (χ1n) is 9.37. The van der Waals surface area contributed by atoms with Crippen LogP contribution in [0.3, 0.4) is 0 Å². The van der Waals surface area contributed by atoms with E-state index in [1.165, 1.54) is 39.2 Å². The van der Waals surface area contributed by atoms with Crippen molar-refractivity contribution in [2.24, 2.45) is 16.7 Å².